The Bertz CT molecular complexity index is 672. The minimum Gasteiger partial charge on any atom is -0.267 e. The maximum absolute atomic E-state index is 13.5. The molecule has 0 unspecified atom stereocenters. The van der Waals surface area contributed by atoms with Crippen LogP contribution in [0.15, 0.2) is 64.9 Å². The molecule has 106 valence electrons. The molecule has 0 aliphatic rings. The van der Waals surface area contributed by atoms with E-state index >= 15 is 0 Å². The van der Waals surface area contributed by atoms with Gasteiger partial charge in [-0.15, -0.1) is 0 Å². The van der Waals surface area contributed by atoms with Crippen molar-refractivity contribution >= 4 is 11.6 Å². The summed E-state index contributed by atoms with van der Waals surface area (Å²) in [6.07, 6.45) is 0. The largest absolute Gasteiger partial charge is 0.274 e. The molecule has 5 nitrogen and oxygen atoms in total. The van der Waals surface area contributed by atoms with Gasteiger partial charge in [-0.25, -0.2) is 9.82 Å². The highest BCUT2D eigenvalue weighted by molar-refractivity contribution is 6.03. The van der Waals surface area contributed by atoms with Gasteiger partial charge in [0.1, 0.15) is 12.4 Å². The Morgan fingerprint density at radius 1 is 1.05 bits per heavy atom. The van der Waals surface area contributed by atoms with Crippen LogP contribution >= 0.6 is 0 Å². The van der Waals surface area contributed by atoms with E-state index in [1.54, 1.807) is 30.3 Å². The fourth-order valence-corrected chi connectivity index (χ4v) is 1.71. The van der Waals surface area contributed by atoms with Crippen molar-refractivity contribution < 1.29 is 9.18 Å². The molecule has 1 amide bonds. The molecule has 0 saturated heterocycles. The zero-order valence-electron chi connectivity index (χ0n) is 11.0. The first-order valence-electron chi connectivity index (χ1n) is 6.18. The number of amides is 1. The summed E-state index contributed by atoms with van der Waals surface area (Å²) in [7, 11) is 0. The van der Waals surface area contributed by atoms with E-state index in [1.165, 1.54) is 18.2 Å². The molecule has 0 aromatic heterocycles. The number of benzene rings is 2. The summed E-state index contributed by atoms with van der Waals surface area (Å²) < 4.78 is 13.5. The number of rotatable bonds is 5. The van der Waals surface area contributed by atoms with Gasteiger partial charge in [0.25, 0.3) is 5.91 Å². The Morgan fingerprint density at radius 2 is 1.71 bits per heavy atom. The summed E-state index contributed by atoms with van der Waals surface area (Å²) in [5.41, 5.74) is 3.07. The number of nitrogens with one attached hydrogen (secondary N) is 1. The van der Waals surface area contributed by atoms with Crippen molar-refractivity contribution in [2.75, 3.05) is 6.54 Å². The zero-order valence-corrected chi connectivity index (χ0v) is 11.0. The lowest BCUT2D eigenvalue weighted by Gasteiger charge is -2.05. The fourth-order valence-electron chi connectivity index (χ4n) is 1.71. The number of hydrogen-bond acceptors (Lipinski definition) is 4. The quantitative estimate of drug-likeness (QED) is 0.521. The smallest absolute Gasteiger partial charge is 0.267 e. The molecule has 0 radical (unpaired) electrons. The van der Waals surface area contributed by atoms with Crippen molar-refractivity contribution in [2.45, 2.75) is 0 Å². The van der Waals surface area contributed by atoms with Crippen molar-refractivity contribution in [3.05, 3.63) is 76.4 Å². The number of halogens is 1. The second kappa shape index (κ2) is 7.04. The molecule has 0 saturated carbocycles. The van der Waals surface area contributed by atoms with E-state index in [4.69, 9.17) is 0 Å². The lowest BCUT2D eigenvalue weighted by molar-refractivity contribution is 0.0951. The van der Waals surface area contributed by atoms with Crippen LogP contribution in [0.4, 0.5) is 4.39 Å². The van der Waals surface area contributed by atoms with E-state index in [2.05, 4.69) is 15.7 Å². The minimum absolute atomic E-state index is 0.118. The molecule has 0 atom stereocenters. The average Bonchev–Trinajstić information content (AvgIpc) is 2.52. The van der Waals surface area contributed by atoms with E-state index in [0.29, 0.717) is 11.3 Å². The van der Waals surface area contributed by atoms with Gasteiger partial charge in [-0.2, -0.15) is 10.0 Å². The van der Waals surface area contributed by atoms with Gasteiger partial charge in [-0.05, 0) is 17.7 Å². The number of nitroso groups, excluding NO2 is 1. The Labute approximate surface area is 120 Å². The van der Waals surface area contributed by atoms with Crippen LogP contribution in [0.25, 0.3) is 0 Å². The van der Waals surface area contributed by atoms with Gasteiger partial charge < -0.3 is 0 Å². The summed E-state index contributed by atoms with van der Waals surface area (Å²) in [5, 5.41) is 6.63. The van der Waals surface area contributed by atoms with Crippen molar-refractivity contribution in [3.63, 3.8) is 0 Å². The first-order chi connectivity index (χ1) is 10.2. The second-order valence-electron chi connectivity index (χ2n) is 4.13. The van der Waals surface area contributed by atoms with Crippen LogP contribution in [0.2, 0.25) is 0 Å². The van der Waals surface area contributed by atoms with Crippen molar-refractivity contribution in [1.82, 2.24) is 5.43 Å². The molecule has 0 aliphatic carbocycles. The molecule has 21 heavy (non-hydrogen) atoms. The molecule has 2 rings (SSSR count). The van der Waals surface area contributed by atoms with E-state index in [1.807, 2.05) is 6.07 Å². The fraction of sp³-hybridized carbons (Fsp3) is 0.0667. The van der Waals surface area contributed by atoms with Crippen LogP contribution in [-0.4, -0.2) is 18.2 Å². The topological polar surface area (TPSA) is 70.9 Å². The first kappa shape index (κ1) is 14.5. The normalized spacial score (nSPS) is 11.0. The third-order valence-electron chi connectivity index (χ3n) is 2.73. The molecule has 0 bridgehead atoms. The number of carbonyl (C=O) groups excluding carboxylic acids is 1. The molecule has 0 spiro atoms. The number of carbonyl (C=O) groups is 1. The maximum Gasteiger partial charge on any atom is 0.274 e. The van der Waals surface area contributed by atoms with Crippen LogP contribution in [0.1, 0.15) is 15.9 Å². The van der Waals surface area contributed by atoms with Gasteiger partial charge >= 0.3 is 0 Å². The molecule has 1 N–H and O–H groups in total. The molecular weight excluding hydrogens is 273 g/mol. The Kier molecular flexibility index (Phi) is 4.87. The van der Waals surface area contributed by atoms with Crippen LogP contribution in [0.3, 0.4) is 0 Å². The van der Waals surface area contributed by atoms with Crippen molar-refractivity contribution in [1.29, 1.82) is 0 Å². The number of nitrogens with zero attached hydrogens (tertiary/aromatic N) is 2. The standard InChI is InChI=1S/C15H12FN3O2/c16-13-9-5-4-8-12(13)15(20)19-18-14(10-17-21)11-6-2-1-3-7-11/h1-9H,10H2,(H,19,20). The average molecular weight is 285 g/mol. The highest BCUT2D eigenvalue weighted by atomic mass is 19.1. The highest BCUT2D eigenvalue weighted by Crippen LogP contribution is 2.06. The van der Waals surface area contributed by atoms with Crippen molar-refractivity contribution in [2.24, 2.45) is 10.3 Å². The van der Waals surface area contributed by atoms with E-state index < -0.39 is 11.7 Å². The summed E-state index contributed by atoms with van der Waals surface area (Å²) in [4.78, 5) is 22.3. The van der Waals surface area contributed by atoms with Crippen LogP contribution in [0, 0.1) is 10.7 Å². The molecule has 2 aromatic rings. The maximum atomic E-state index is 13.5. The molecule has 0 heterocycles. The molecule has 0 fully saturated rings. The Morgan fingerprint density at radius 3 is 2.38 bits per heavy atom. The Hall–Kier alpha value is -2.89. The number of hydrazone groups is 1. The third kappa shape index (κ3) is 3.79. The van der Waals surface area contributed by atoms with Gasteiger partial charge in [0.15, 0.2) is 0 Å². The predicted molar refractivity (Wildman–Crippen MR) is 77.5 cm³/mol. The Balaban J connectivity index is 2.19. The first-order valence-corrected chi connectivity index (χ1v) is 6.18. The summed E-state index contributed by atoms with van der Waals surface area (Å²) >= 11 is 0. The molecule has 6 heteroatoms. The zero-order chi connectivity index (χ0) is 15.1. The van der Waals surface area contributed by atoms with Crippen LogP contribution < -0.4 is 5.43 Å². The van der Waals surface area contributed by atoms with Gasteiger partial charge in [0.05, 0.1) is 11.3 Å². The van der Waals surface area contributed by atoms with Gasteiger partial charge in [-0.1, -0.05) is 47.6 Å². The monoisotopic (exact) mass is 285 g/mol. The lowest BCUT2D eigenvalue weighted by atomic mass is 10.1. The van der Waals surface area contributed by atoms with E-state index in [9.17, 15) is 14.1 Å². The molecule has 2 aromatic carbocycles. The summed E-state index contributed by atoms with van der Waals surface area (Å²) in [6, 6.07) is 14.4. The number of hydrogen-bond donors (Lipinski definition) is 1. The highest BCUT2D eigenvalue weighted by Gasteiger charge is 2.11. The minimum atomic E-state index is -0.688. The second-order valence-corrected chi connectivity index (χ2v) is 4.13. The third-order valence-corrected chi connectivity index (χ3v) is 2.73. The van der Waals surface area contributed by atoms with Gasteiger partial charge in [0.2, 0.25) is 0 Å². The van der Waals surface area contributed by atoms with E-state index in [0.717, 1.165) is 0 Å². The lowest BCUT2D eigenvalue weighted by Crippen LogP contribution is -2.22. The predicted octanol–water partition coefficient (Wildman–Crippen LogP) is 2.73. The summed E-state index contributed by atoms with van der Waals surface area (Å²) in [6.45, 7) is -0.193. The SMILES string of the molecule is O=NCC(=NNC(=O)c1ccccc1F)c1ccccc1. The molecular formula is C15H12FN3O2. The van der Waals surface area contributed by atoms with Gasteiger partial charge in [-0.3, -0.25) is 4.79 Å². The molecule has 0 aliphatic heterocycles. The van der Waals surface area contributed by atoms with Gasteiger partial charge in [0, 0.05) is 0 Å². The van der Waals surface area contributed by atoms with Crippen LogP contribution in [-0.2, 0) is 0 Å². The summed E-state index contributed by atoms with van der Waals surface area (Å²) in [5.74, 6) is -1.33. The van der Waals surface area contributed by atoms with Crippen LogP contribution in [0.5, 0.6) is 0 Å². The van der Waals surface area contributed by atoms with E-state index in [-0.39, 0.29) is 12.1 Å². The van der Waals surface area contributed by atoms with Crippen molar-refractivity contribution in [3.8, 4) is 0 Å².